The van der Waals surface area contributed by atoms with Crippen molar-refractivity contribution in [3.05, 3.63) is 61.8 Å². The van der Waals surface area contributed by atoms with Gasteiger partial charge < -0.3 is 5.32 Å². The summed E-state index contributed by atoms with van der Waals surface area (Å²) in [6, 6.07) is 6.61. The van der Waals surface area contributed by atoms with Gasteiger partial charge in [0.05, 0.1) is 28.3 Å². The van der Waals surface area contributed by atoms with E-state index in [4.69, 9.17) is 0 Å². The van der Waals surface area contributed by atoms with Crippen molar-refractivity contribution in [2.24, 2.45) is 0 Å². The number of hydrogen-bond acceptors (Lipinski definition) is 6. The molecule has 0 aliphatic heterocycles. The standard InChI is InChI=1S/C16H13N3O3S2/c1-10-13(3-2-4-14(10)19(21)22)18-15(20)7-12-9-24-16(17-12)11-5-6-23-8-11/h2-6,8-9H,7H2,1H3,(H,18,20). The van der Waals surface area contributed by atoms with Crippen molar-refractivity contribution in [1.82, 2.24) is 4.98 Å². The number of nitro groups is 1. The second-order valence-electron chi connectivity index (χ2n) is 5.09. The van der Waals surface area contributed by atoms with Crippen LogP contribution >= 0.6 is 22.7 Å². The molecule has 3 rings (SSSR count). The molecule has 1 aromatic carbocycles. The molecule has 0 saturated carbocycles. The summed E-state index contributed by atoms with van der Waals surface area (Å²) >= 11 is 3.09. The largest absolute Gasteiger partial charge is 0.325 e. The summed E-state index contributed by atoms with van der Waals surface area (Å²) < 4.78 is 0. The van der Waals surface area contributed by atoms with Crippen LogP contribution in [-0.4, -0.2) is 15.8 Å². The number of amides is 1. The molecule has 6 nitrogen and oxygen atoms in total. The van der Waals surface area contributed by atoms with E-state index in [1.54, 1.807) is 30.4 Å². The highest BCUT2D eigenvalue weighted by molar-refractivity contribution is 7.14. The number of thiophene rings is 1. The second-order valence-corrected chi connectivity index (χ2v) is 6.73. The van der Waals surface area contributed by atoms with Crippen molar-refractivity contribution in [3.8, 4) is 10.6 Å². The van der Waals surface area contributed by atoms with E-state index in [0.717, 1.165) is 10.6 Å². The third kappa shape index (κ3) is 3.50. The zero-order valence-corrected chi connectivity index (χ0v) is 14.3. The number of benzene rings is 1. The van der Waals surface area contributed by atoms with Crippen LogP contribution in [0.4, 0.5) is 11.4 Å². The Kier molecular flexibility index (Phi) is 4.68. The number of anilines is 1. The van der Waals surface area contributed by atoms with Gasteiger partial charge in [-0.1, -0.05) is 6.07 Å². The van der Waals surface area contributed by atoms with Gasteiger partial charge >= 0.3 is 0 Å². The molecule has 2 heterocycles. The van der Waals surface area contributed by atoms with Crippen molar-refractivity contribution < 1.29 is 9.72 Å². The molecule has 0 aliphatic rings. The third-order valence-electron chi connectivity index (χ3n) is 3.44. The van der Waals surface area contributed by atoms with E-state index in [0.29, 0.717) is 16.9 Å². The highest BCUT2D eigenvalue weighted by atomic mass is 32.1. The molecule has 0 fully saturated rings. The Morgan fingerprint density at radius 2 is 2.17 bits per heavy atom. The maximum Gasteiger partial charge on any atom is 0.274 e. The number of aromatic nitrogens is 1. The van der Waals surface area contributed by atoms with Crippen LogP contribution in [0.1, 0.15) is 11.3 Å². The Hall–Kier alpha value is -2.58. The number of carbonyl (C=O) groups is 1. The minimum Gasteiger partial charge on any atom is -0.325 e. The maximum absolute atomic E-state index is 12.2. The lowest BCUT2D eigenvalue weighted by atomic mass is 10.1. The first-order chi connectivity index (χ1) is 11.5. The molecule has 2 aromatic heterocycles. The van der Waals surface area contributed by atoms with Gasteiger partial charge in [0.25, 0.3) is 5.69 Å². The van der Waals surface area contributed by atoms with Crippen LogP contribution in [0.25, 0.3) is 10.6 Å². The van der Waals surface area contributed by atoms with Crippen molar-refractivity contribution >= 4 is 40.0 Å². The summed E-state index contributed by atoms with van der Waals surface area (Å²) in [4.78, 5) is 27.1. The van der Waals surface area contributed by atoms with Crippen LogP contribution in [0.2, 0.25) is 0 Å². The minimum atomic E-state index is -0.460. The number of thiazole rings is 1. The normalized spacial score (nSPS) is 10.5. The van der Waals surface area contributed by atoms with Gasteiger partial charge in [0.15, 0.2) is 0 Å². The topological polar surface area (TPSA) is 85.1 Å². The smallest absolute Gasteiger partial charge is 0.274 e. The van der Waals surface area contributed by atoms with E-state index in [1.165, 1.54) is 17.4 Å². The number of hydrogen-bond donors (Lipinski definition) is 1. The fourth-order valence-electron chi connectivity index (χ4n) is 2.22. The molecule has 0 unspecified atom stereocenters. The Balaban J connectivity index is 1.70. The second kappa shape index (κ2) is 6.90. The van der Waals surface area contributed by atoms with Gasteiger partial charge in [-0.05, 0) is 24.4 Å². The Morgan fingerprint density at radius 1 is 1.33 bits per heavy atom. The van der Waals surface area contributed by atoms with Gasteiger partial charge in [-0.3, -0.25) is 14.9 Å². The van der Waals surface area contributed by atoms with Crippen LogP contribution in [-0.2, 0) is 11.2 Å². The Bertz CT molecular complexity index is 888. The van der Waals surface area contributed by atoms with Gasteiger partial charge in [-0.2, -0.15) is 11.3 Å². The molecule has 122 valence electrons. The number of nitrogens with one attached hydrogen (secondary N) is 1. The van der Waals surface area contributed by atoms with Gasteiger partial charge in [-0.15, -0.1) is 11.3 Å². The molecule has 0 bridgehead atoms. The quantitative estimate of drug-likeness (QED) is 0.544. The summed E-state index contributed by atoms with van der Waals surface area (Å²) in [5, 5.41) is 20.4. The van der Waals surface area contributed by atoms with Crippen LogP contribution in [0.3, 0.4) is 0 Å². The average molecular weight is 359 g/mol. The van der Waals surface area contributed by atoms with E-state index in [-0.39, 0.29) is 18.0 Å². The van der Waals surface area contributed by atoms with Gasteiger partial charge in [-0.25, -0.2) is 4.98 Å². The number of rotatable bonds is 5. The van der Waals surface area contributed by atoms with Crippen molar-refractivity contribution in [2.75, 3.05) is 5.32 Å². The molecule has 0 saturated heterocycles. The molecule has 1 N–H and O–H groups in total. The van der Waals surface area contributed by atoms with Crippen molar-refractivity contribution in [1.29, 1.82) is 0 Å². The molecular weight excluding hydrogens is 346 g/mol. The molecule has 0 aliphatic carbocycles. The lowest BCUT2D eigenvalue weighted by molar-refractivity contribution is -0.385. The minimum absolute atomic E-state index is 0.0128. The Morgan fingerprint density at radius 3 is 2.88 bits per heavy atom. The molecule has 0 atom stereocenters. The summed E-state index contributed by atoms with van der Waals surface area (Å²) in [5.74, 6) is -0.249. The van der Waals surface area contributed by atoms with E-state index in [1.807, 2.05) is 22.2 Å². The predicted octanol–water partition coefficient (Wildman–Crippen LogP) is 4.27. The van der Waals surface area contributed by atoms with E-state index < -0.39 is 4.92 Å². The lowest BCUT2D eigenvalue weighted by Crippen LogP contribution is -2.15. The molecule has 8 heteroatoms. The number of nitro benzene ring substituents is 1. The molecule has 0 spiro atoms. The Labute approximate surface area is 146 Å². The van der Waals surface area contributed by atoms with Crippen molar-refractivity contribution in [2.45, 2.75) is 13.3 Å². The fraction of sp³-hybridized carbons (Fsp3) is 0.125. The molecule has 0 radical (unpaired) electrons. The number of nitrogens with zero attached hydrogens (tertiary/aromatic N) is 2. The van der Waals surface area contributed by atoms with E-state index >= 15 is 0 Å². The average Bonchev–Trinajstić information content (AvgIpc) is 3.20. The van der Waals surface area contributed by atoms with E-state index in [2.05, 4.69) is 10.3 Å². The molecule has 3 aromatic rings. The summed E-state index contributed by atoms with van der Waals surface area (Å²) in [5.41, 5.74) is 2.60. The van der Waals surface area contributed by atoms with Gasteiger partial charge in [0, 0.05) is 22.4 Å². The molecule has 24 heavy (non-hydrogen) atoms. The monoisotopic (exact) mass is 359 g/mol. The third-order valence-corrected chi connectivity index (χ3v) is 5.06. The lowest BCUT2D eigenvalue weighted by Gasteiger charge is -2.07. The van der Waals surface area contributed by atoms with Crippen LogP contribution in [0, 0.1) is 17.0 Å². The maximum atomic E-state index is 12.2. The molecular formula is C16H13N3O3S2. The van der Waals surface area contributed by atoms with Crippen LogP contribution in [0.15, 0.2) is 40.4 Å². The van der Waals surface area contributed by atoms with E-state index in [9.17, 15) is 14.9 Å². The first-order valence-corrected chi connectivity index (χ1v) is 8.87. The summed E-state index contributed by atoms with van der Waals surface area (Å²) in [6.07, 6.45) is 0.128. The van der Waals surface area contributed by atoms with Crippen molar-refractivity contribution in [3.63, 3.8) is 0 Å². The molecule has 1 amide bonds. The van der Waals surface area contributed by atoms with Crippen LogP contribution in [0.5, 0.6) is 0 Å². The highest BCUT2D eigenvalue weighted by Crippen LogP contribution is 2.27. The zero-order chi connectivity index (χ0) is 17.1. The summed E-state index contributed by atoms with van der Waals surface area (Å²) in [6.45, 7) is 1.62. The SMILES string of the molecule is Cc1c(NC(=O)Cc2csc(-c3ccsc3)n2)cccc1[N+](=O)[O-]. The predicted molar refractivity (Wildman–Crippen MR) is 95.6 cm³/mol. The summed E-state index contributed by atoms with van der Waals surface area (Å²) in [7, 11) is 0. The fourth-order valence-corrected chi connectivity index (χ4v) is 3.75. The van der Waals surface area contributed by atoms with Crippen LogP contribution < -0.4 is 5.32 Å². The zero-order valence-electron chi connectivity index (χ0n) is 12.7. The first kappa shape index (κ1) is 16.3. The highest BCUT2D eigenvalue weighted by Gasteiger charge is 2.15. The number of carbonyl (C=O) groups excluding carboxylic acids is 1. The van der Waals surface area contributed by atoms with Gasteiger partial charge in [0.1, 0.15) is 5.01 Å². The van der Waals surface area contributed by atoms with Gasteiger partial charge in [0.2, 0.25) is 5.91 Å². The first-order valence-electron chi connectivity index (χ1n) is 7.05.